The topological polar surface area (TPSA) is 87.3 Å². The fourth-order valence-corrected chi connectivity index (χ4v) is 2.56. The molecule has 0 aromatic heterocycles. The van der Waals surface area contributed by atoms with Crippen LogP contribution in [-0.4, -0.2) is 30.8 Å². The number of rotatable bonds is 10. The number of carbonyl (C=O) groups is 3. The van der Waals surface area contributed by atoms with Gasteiger partial charge in [-0.3, -0.25) is 14.4 Å². The molecule has 0 fully saturated rings. The van der Waals surface area contributed by atoms with Crippen LogP contribution in [-0.2, 0) is 14.4 Å². The lowest BCUT2D eigenvalue weighted by molar-refractivity contribution is -0.121. The van der Waals surface area contributed by atoms with Gasteiger partial charge < -0.3 is 16.0 Å². The zero-order chi connectivity index (χ0) is 18.7. The van der Waals surface area contributed by atoms with Crippen molar-refractivity contribution in [2.45, 2.75) is 46.0 Å². The van der Waals surface area contributed by atoms with Gasteiger partial charge in [-0.2, -0.15) is 0 Å². The zero-order valence-electron chi connectivity index (χ0n) is 14.8. The number of aryl methyl sites for hydroxylation is 1. The summed E-state index contributed by atoms with van der Waals surface area (Å²) in [6.45, 7) is 4.38. The fourth-order valence-electron chi connectivity index (χ4n) is 2.20. The second-order valence-corrected chi connectivity index (χ2v) is 6.82. The van der Waals surface area contributed by atoms with E-state index < -0.39 is 0 Å². The van der Waals surface area contributed by atoms with Gasteiger partial charge in [0.25, 0.3) is 0 Å². The molecule has 0 spiro atoms. The summed E-state index contributed by atoms with van der Waals surface area (Å²) < 4.78 is 0.903. The highest BCUT2D eigenvalue weighted by Crippen LogP contribution is 2.20. The molecule has 0 heterocycles. The van der Waals surface area contributed by atoms with Crippen molar-refractivity contribution in [1.29, 1.82) is 0 Å². The van der Waals surface area contributed by atoms with Gasteiger partial charge in [-0.05, 0) is 37.5 Å². The van der Waals surface area contributed by atoms with Crippen LogP contribution in [0, 0.1) is 6.92 Å². The van der Waals surface area contributed by atoms with Gasteiger partial charge in [-0.25, -0.2) is 0 Å². The van der Waals surface area contributed by atoms with E-state index in [2.05, 4.69) is 31.9 Å². The van der Waals surface area contributed by atoms with E-state index in [4.69, 9.17) is 0 Å². The molecule has 3 amide bonds. The number of unbranched alkanes of at least 4 members (excludes halogenated alkanes) is 2. The van der Waals surface area contributed by atoms with Crippen LogP contribution in [0.4, 0.5) is 5.69 Å². The third-order valence-electron chi connectivity index (χ3n) is 3.60. The second kappa shape index (κ2) is 11.6. The summed E-state index contributed by atoms with van der Waals surface area (Å²) in [5, 5.41) is 8.32. The van der Waals surface area contributed by atoms with Gasteiger partial charge in [0, 0.05) is 43.0 Å². The van der Waals surface area contributed by atoms with E-state index in [0.29, 0.717) is 19.5 Å². The maximum Gasteiger partial charge on any atom is 0.226 e. The predicted octanol–water partition coefficient (Wildman–Crippen LogP) is 2.90. The van der Waals surface area contributed by atoms with E-state index in [-0.39, 0.29) is 24.1 Å². The normalized spacial score (nSPS) is 10.2. The molecule has 0 radical (unpaired) electrons. The maximum absolute atomic E-state index is 11.9. The van der Waals surface area contributed by atoms with Crippen molar-refractivity contribution in [2.24, 2.45) is 0 Å². The van der Waals surface area contributed by atoms with Crippen molar-refractivity contribution in [2.75, 3.05) is 18.4 Å². The number of hydrogen-bond donors (Lipinski definition) is 3. The highest BCUT2D eigenvalue weighted by Gasteiger charge is 2.07. The van der Waals surface area contributed by atoms with Gasteiger partial charge in [-0.15, -0.1) is 0 Å². The quantitative estimate of drug-likeness (QED) is 0.517. The lowest BCUT2D eigenvalue weighted by atomic mass is 10.2. The van der Waals surface area contributed by atoms with Crippen LogP contribution in [0.5, 0.6) is 0 Å². The van der Waals surface area contributed by atoms with Crippen LogP contribution in [0.15, 0.2) is 22.7 Å². The van der Waals surface area contributed by atoms with Crippen LogP contribution < -0.4 is 16.0 Å². The Morgan fingerprint density at radius 1 is 0.960 bits per heavy atom. The minimum Gasteiger partial charge on any atom is -0.356 e. The first-order chi connectivity index (χ1) is 11.9. The Kier molecular flexibility index (Phi) is 9.84. The van der Waals surface area contributed by atoms with Crippen molar-refractivity contribution >= 4 is 39.3 Å². The molecule has 1 aromatic carbocycles. The van der Waals surface area contributed by atoms with E-state index >= 15 is 0 Å². The first-order valence-corrected chi connectivity index (χ1v) is 9.25. The van der Waals surface area contributed by atoms with Crippen LogP contribution in [0.3, 0.4) is 0 Å². The van der Waals surface area contributed by atoms with Crippen molar-refractivity contribution in [1.82, 2.24) is 10.6 Å². The molecule has 1 rings (SSSR count). The monoisotopic (exact) mass is 411 g/mol. The SMILES string of the molecule is CC(=O)NCCCCCC(=O)NCCC(=O)Nc1cc(Br)ccc1C. The third kappa shape index (κ3) is 9.86. The molecule has 3 N–H and O–H groups in total. The summed E-state index contributed by atoms with van der Waals surface area (Å²) in [6.07, 6.45) is 3.19. The Morgan fingerprint density at radius 3 is 2.44 bits per heavy atom. The third-order valence-corrected chi connectivity index (χ3v) is 4.10. The average molecular weight is 412 g/mol. The highest BCUT2D eigenvalue weighted by atomic mass is 79.9. The van der Waals surface area contributed by atoms with E-state index in [1.807, 2.05) is 25.1 Å². The Balaban J connectivity index is 2.13. The molecule has 0 saturated heterocycles. The zero-order valence-corrected chi connectivity index (χ0v) is 16.4. The number of benzene rings is 1. The molecule has 25 heavy (non-hydrogen) atoms. The summed E-state index contributed by atoms with van der Waals surface area (Å²) in [5.41, 5.74) is 1.75. The second-order valence-electron chi connectivity index (χ2n) is 5.90. The van der Waals surface area contributed by atoms with Gasteiger partial charge in [0.2, 0.25) is 17.7 Å². The smallest absolute Gasteiger partial charge is 0.226 e. The van der Waals surface area contributed by atoms with Gasteiger partial charge in [0.15, 0.2) is 0 Å². The molecule has 7 heteroatoms. The first kappa shape index (κ1) is 21.2. The molecular weight excluding hydrogens is 386 g/mol. The van der Waals surface area contributed by atoms with Crippen molar-refractivity contribution in [3.8, 4) is 0 Å². The molecule has 0 atom stereocenters. The van der Waals surface area contributed by atoms with Gasteiger partial charge in [-0.1, -0.05) is 28.4 Å². The number of carbonyl (C=O) groups excluding carboxylic acids is 3. The molecule has 0 aliphatic heterocycles. The molecule has 0 unspecified atom stereocenters. The van der Waals surface area contributed by atoms with Crippen LogP contribution >= 0.6 is 15.9 Å². The largest absolute Gasteiger partial charge is 0.356 e. The lowest BCUT2D eigenvalue weighted by Crippen LogP contribution is -2.27. The summed E-state index contributed by atoms with van der Waals surface area (Å²) >= 11 is 3.38. The fraction of sp³-hybridized carbons (Fsp3) is 0.500. The summed E-state index contributed by atoms with van der Waals surface area (Å²) in [5.74, 6) is -0.211. The molecule has 0 saturated carbocycles. The van der Waals surface area contributed by atoms with Crippen molar-refractivity contribution in [3.05, 3.63) is 28.2 Å². The van der Waals surface area contributed by atoms with Crippen LogP contribution in [0.1, 0.15) is 44.6 Å². The molecule has 0 aliphatic rings. The summed E-state index contributed by atoms with van der Waals surface area (Å²) in [6, 6.07) is 5.70. The number of amides is 3. The molecule has 6 nitrogen and oxygen atoms in total. The Bertz CT molecular complexity index is 605. The standard InChI is InChI=1S/C18H26BrN3O3/c1-13-7-8-15(19)12-16(13)22-18(25)9-11-21-17(24)6-4-3-5-10-20-14(2)23/h7-8,12H,3-6,9-11H2,1-2H3,(H,20,23)(H,21,24)(H,22,25). The van der Waals surface area contributed by atoms with Crippen molar-refractivity contribution in [3.63, 3.8) is 0 Å². The van der Waals surface area contributed by atoms with E-state index in [1.54, 1.807) is 0 Å². The number of hydrogen-bond acceptors (Lipinski definition) is 3. The van der Waals surface area contributed by atoms with Gasteiger partial charge in [0.1, 0.15) is 0 Å². The van der Waals surface area contributed by atoms with E-state index in [0.717, 1.165) is 35.0 Å². The van der Waals surface area contributed by atoms with E-state index in [1.165, 1.54) is 6.92 Å². The summed E-state index contributed by atoms with van der Waals surface area (Å²) in [7, 11) is 0. The highest BCUT2D eigenvalue weighted by molar-refractivity contribution is 9.10. The maximum atomic E-state index is 11.9. The number of anilines is 1. The predicted molar refractivity (Wildman–Crippen MR) is 102 cm³/mol. The molecule has 0 bridgehead atoms. The lowest BCUT2D eigenvalue weighted by Gasteiger charge is -2.09. The Hall–Kier alpha value is -1.89. The molecular formula is C18H26BrN3O3. The van der Waals surface area contributed by atoms with Crippen molar-refractivity contribution < 1.29 is 14.4 Å². The summed E-state index contributed by atoms with van der Waals surface area (Å²) in [4.78, 5) is 34.3. The molecule has 1 aromatic rings. The van der Waals surface area contributed by atoms with E-state index in [9.17, 15) is 14.4 Å². The Morgan fingerprint density at radius 2 is 1.72 bits per heavy atom. The number of halogens is 1. The molecule has 0 aliphatic carbocycles. The molecule has 138 valence electrons. The minimum atomic E-state index is -0.128. The first-order valence-electron chi connectivity index (χ1n) is 8.45. The van der Waals surface area contributed by atoms with Crippen LogP contribution in [0.2, 0.25) is 0 Å². The Labute approximate surface area is 157 Å². The average Bonchev–Trinajstić information content (AvgIpc) is 2.54. The van der Waals surface area contributed by atoms with Gasteiger partial charge in [0.05, 0.1) is 0 Å². The van der Waals surface area contributed by atoms with Crippen LogP contribution in [0.25, 0.3) is 0 Å². The number of nitrogens with one attached hydrogen (secondary N) is 3. The van der Waals surface area contributed by atoms with Gasteiger partial charge >= 0.3 is 0 Å². The minimum absolute atomic E-state index is 0.0333.